The van der Waals surface area contributed by atoms with E-state index in [4.69, 9.17) is 9.47 Å². The van der Waals surface area contributed by atoms with Gasteiger partial charge in [0.25, 0.3) is 5.91 Å². The summed E-state index contributed by atoms with van der Waals surface area (Å²) in [6, 6.07) is 15.7. The van der Waals surface area contributed by atoms with E-state index >= 15 is 8.78 Å². The van der Waals surface area contributed by atoms with Crippen LogP contribution >= 0.6 is 0 Å². The zero-order valence-corrected chi connectivity index (χ0v) is 24.3. The Hall–Kier alpha value is -5.53. The van der Waals surface area contributed by atoms with Crippen LogP contribution in [0.2, 0.25) is 0 Å². The van der Waals surface area contributed by atoms with Crippen molar-refractivity contribution in [3.63, 3.8) is 0 Å². The molecule has 1 aliphatic rings. The summed E-state index contributed by atoms with van der Waals surface area (Å²) >= 11 is 0. The quantitative estimate of drug-likeness (QED) is 0.322. The van der Waals surface area contributed by atoms with Crippen LogP contribution in [0.4, 0.5) is 8.78 Å². The number of hydrogen-bond acceptors (Lipinski definition) is 8. The summed E-state index contributed by atoms with van der Waals surface area (Å²) in [5.41, 5.74) is -2.05. The number of nitriles is 1. The van der Waals surface area contributed by atoms with Gasteiger partial charge in [-0.15, -0.1) is 5.10 Å². The average Bonchev–Trinajstić information content (AvgIpc) is 3.39. The smallest absolute Gasteiger partial charge is 0.280 e. The molecule has 0 spiro atoms. The fourth-order valence-corrected chi connectivity index (χ4v) is 5.34. The molecule has 0 saturated carbocycles. The molecule has 222 valence electrons. The predicted octanol–water partition coefficient (Wildman–Crippen LogP) is 3.94. The molecule has 1 N–H and O–H groups in total. The number of nitrogens with zero attached hydrogens (tertiary/aromatic N) is 4. The zero-order chi connectivity index (χ0) is 31.6. The number of ether oxygens (including phenoxy) is 2. The standard InChI is InChI=1S/C31H23F2N5O5S/c1-42-22-12-10-21(11-13-22)30(39)38-28-23(29(36-38)43-2)16-19(17-35-28)8-9-20-6-4-5-7-24(20)31(18-34)26(32)15-14-25(27(31)33)37-44(3,40)41/h4-7,10-17,27,37H,1-3H3. The number of halogens is 2. The lowest BCUT2D eigenvalue weighted by Crippen LogP contribution is -2.44. The monoisotopic (exact) mass is 615 g/mol. The van der Waals surface area contributed by atoms with Crippen molar-refractivity contribution in [1.29, 1.82) is 5.26 Å². The first-order chi connectivity index (χ1) is 21.0. The SMILES string of the molecule is COc1ccc(C(=O)n2nc(OC)c3cc(C#Cc4ccccc4C4(C#N)C(F)=CC=C(NS(C)(=O)=O)C4F)cnc32)cc1. The Morgan fingerprint density at radius 2 is 1.82 bits per heavy atom. The lowest BCUT2D eigenvalue weighted by atomic mass is 9.71. The van der Waals surface area contributed by atoms with E-state index in [-0.39, 0.29) is 22.7 Å². The number of carbonyl (C=O) groups is 1. The first-order valence-electron chi connectivity index (χ1n) is 12.9. The number of carbonyl (C=O) groups excluding carboxylic acids is 1. The largest absolute Gasteiger partial charge is 0.497 e. The van der Waals surface area contributed by atoms with Crippen LogP contribution in [0.15, 0.2) is 84.5 Å². The summed E-state index contributed by atoms with van der Waals surface area (Å²) in [5, 5.41) is 14.7. The van der Waals surface area contributed by atoms with Crippen LogP contribution in [0, 0.1) is 23.2 Å². The van der Waals surface area contributed by atoms with Gasteiger partial charge < -0.3 is 9.47 Å². The van der Waals surface area contributed by atoms with E-state index in [2.05, 4.69) is 21.9 Å². The maximum absolute atomic E-state index is 15.9. The fourth-order valence-electron chi connectivity index (χ4n) is 4.74. The van der Waals surface area contributed by atoms with Crippen molar-refractivity contribution < 1.29 is 31.5 Å². The minimum atomic E-state index is -3.91. The van der Waals surface area contributed by atoms with Crippen molar-refractivity contribution in [3.05, 3.63) is 107 Å². The fraction of sp³-hybridized carbons (Fsp3) is 0.161. The van der Waals surface area contributed by atoms with Gasteiger partial charge in [-0.3, -0.25) is 9.52 Å². The normalized spacial score (nSPS) is 17.9. The van der Waals surface area contributed by atoms with E-state index in [9.17, 15) is 18.5 Å². The molecule has 1 aliphatic carbocycles. The number of alkyl halides is 1. The molecular weight excluding hydrogens is 592 g/mol. The van der Waals surface area contributed by atoms with E-state index < -0.39 is 39.0 Å². The van der Waals surface area contributed by atoms with Gasteiger partial charge in [-0.05, 0) is 54.1 Å². The second-order valence-corrected chi connectivity index (χ2v) is 11.4. The minimum absolute atomic E-state index is 0.0957. The molecular formula is C31H23F2N5O5S. The van der Waals surface area contributed by atoms with Crippen molar-refractivity contribution in [1.82, 2.24) is 19.5 Å². The van der Waals surface area contributed by atoms with E-state index in [1.807, 2.05) is 4.72 Å². The highest BCUT2D eigenvalue weighted by Gasteiger charge is 2.51. The van der Waals surface area contributed by atoms with Crippen molar-refractivity contribution in [2.75, 3.05) is 20.5 Å². The van der Waals surface area contributed by atoms with Gasteiger partial charge in [0.2, 0.25) is 15.9 Å². The molecule has 0 saturated heterocycles. The first kappa shape index (κ1) is 29.9. The van der Waals surface area contributed by atoms with Crippen LogP contribution in [0.5, 0.6) is 11.6 Å². The Kier molecular flexibility index (Phi) is 7.91. The maximum atomic E-state index is 15.9. The molecule has 2 aromatic heterocycles. The molecule has 2 heterocycles. The van der Waals surface area contributed by atoms with Gasteiger partial charge in [0.05, 0.1) is 37.6 Å². The second-order valence-electron chi connectivity index (χ2n) is 9.64. The number of fused-ring (bicyclic) bond motifs is 1. The Labute approximate surface area is 251 Å². The topological polar surface area (TPSA) is 136 Å². The number of methoxy groups -OCH3 is 2. The lowest BCUT2D eigenvalue weighted by molar-refractivity contribution is 0.0948. The van der Waals surface area contributed by atoms with Crippen LogP contribution in [0.1, 0.15) is 27.0 Å². The zero-order valence-electron chi connectivity index (χ0n) is 23.5. The summed E-state index contributed by atoms with van der Waals surface area (Å²) in [6.45, 7) is 0. The Bertz CT molecular complexity index is 2070. The van der Waals surface area contributed by atoms with Crippen LogP contribution in [-0.4, -0.2) is 55.7 Å². The second kappa shape index (κ2) is 11.6. The average molecular weight is 616 g/mol. The van der Waals surface area contributed by atoms with Crippen molar-refractivity contribution in [3.8, 4) is 29.5 Å². The van der Waals surface area contributed by atoms with Crippen LogP contribution in [-0.2, 0) is 15.4 Å². The molecule has 4 aromatic rings. The minimum Gasteiger partial charge on any atom is -0.497 e. The van der Waals surface area contributed by atoms with Crippen LogP contribution in [0.25, 0.3) is 11.0 Å². The number of aromatic nitrogens is 3. The van der Waals surface area contributed by atoms with Crippen molar-refractivity contribution in [2.45, 2.75) is 11.6 Å². The van der Waals surface area contributed by atoms with Crippen molar-refractivity contribution >= 4 is 27.0 Å². The third-order valence-electron chi connectivity index (χ3n) is 6.82. The summed E-state index contributed by atoms with van der Waals surface area (Å²) < 4.78 is 68.4. The van der Waals surface area contributed by atoms with E-state index in [1.165, 1.54) is 38.6 Å². The molecule has 0 bridgehead atoms. The third kappa shape index (κ3) is 5.37. The molecule has 5 rings (SSSR count). The van der Waals surface area contributed by atoms with E-state index in [0.29, 0.717) is 22.3 Å². The van der Waals surface area contributed by atoms with Gasteiger partial charge in [-0.25, -0.2) is 22.2 Å². The molecule has 44 heavy (non-hydrogen) atoms. The highest BCUT2D eigenvalue weighted by molar-refractivity contribution is 7.88. The summed E-state index contributed by atoms with van der Waals surface area (Å²) in [4.78, 5) is 17.6. The Morgan fingerprint density at radius 3 is 2.48 bits per heavy atom. The molecule has 0 amide bonds. The number of pyridine rings is 1. The lowest BCUT2D eigenvalue weighted by Gasteiger charge is -2.33. The highest BCUT2D eigenvalue weighted by Crippen LogP contribution is 2.44. The van der Waals surface area contributed by atoms with E-state index in [1.54, 1.807) is 42.5 Å². The molecule has 10 nitrogen and oxygen atoms in total. The summed E-state index contributed by atoms with van der Waals surface area (Å²) in [6.07, 6.45) is 1.63. The molecule has 0 radical (unpaired) electrons. The van der Waals surface area contributed by atoms with Gasteiger partial charge in [0.1, 0.15) is 11.6 Å². The van der Waals surface area contributed by atoms with Gasteiger partial charge in [0.15, 0.2) is 17.2 Å². The number of benzene rings is 2. The van der Waals surface area contributed by atoms with Gasteiger partial charge >= 0.3 is 0 Å². The van der Waals surface area contributed by atoms with Gasteiger partial charge in [-0.2, -0.15) is 9.94 Å². The van der Waals surface area contributed by atoms with Crippen LogP contribution in [0.3, 0.4) is 0 Å². The molecule has 2 aromatic carbocycles. The van der Waals surface area contributed by atoms with Gasteiger partial charge in [0, 0.05) is 22.9 Å². The van der Waals surface area contributed by atoms with Crippen LogP contribution < -0.4 is 14.2 Å². The number of allylic oxidation sites excluding steroid dienone is 4. The Balaban J connectivity index is 1.54. The number of rotatable bonds is 6. The van der Waals surface area contributed by atoms with Gasteiger partial charge in [-0.1, -0.05) is 30.0 Å². The number of hydrogen-bond donors (Lipinski definition) is 1. The summed E-state index contributed by atoms with van der Waals surface area (Å²) in [5.74, 6) is 4.88. The van der Waals surface area contributed by atoms with Crippen molar-refractivity contribution in [2.24, 2.45) is 0 Å². The predicted molar refractivity (Wildman–Crippen MR) is 157 cm³/mol. The molecule has 2 atom stereocenters. The number of nitrogens with one attached hydrogen (secondary N) is 1. The maximum Gasteiger partial charge on any atom is 0.280 e. The third-order valence-corrected chi connectivity index (χ3v) is 7.43. The first-order valence-corrected chi connectivity index (χ1v) is 14.8. The molecule has 13 heteroatoms. The Morgan fingerprint density at radius 1 is 1.09 bits per heavy atom. The van der Waals surface area contributed by atoms with E-state index in [0.717, 1.165) is 23.1 Å². The highest BCUT2D eigenvalue weighted by atomic mass is 32.2. The summed E-state index contributed by atoms with van der Waals surface area (Å²) in [7, 11) is -1.01. The molecule has 0 aliphatic heterocycles. The number of sulfonamides is 1. The molecule has 0 fully saturated rings. The molecule has 2 unspecified atom stereocenters.